The number of benzene rings is 3. The van der Waals surface area contributed by atoms with Gasteiger partial charge in [0.15, 0.2) is 0 Å². The molecule has 140 valence electrons. The molecule has 0 aromatic heterocycles. The van der Waals surface area contributed by atoms with Crippen LogP contribution in [0, 0.1) is 5.82 Å². The molecule has 0 bridgehead atoms. The highest BCUT2D eigenvalue weighted by Crippen LogP contribution is 2.24. The maximum Gasteiger partial charge on any atom is 0.124 e. The predicted octanol–water partition coefficient (Wildman–Crippen LogP) is 4.88. The van der Waals surface area contributed by atoms with Crippen molar-refractivity contribution in [2.75, 3.05) is 6.54 Å². The Hall–Kier alpha value is -2.40. The van der Waals surface area contributed by atoms with Gasteiger partial charge >= 0.3 is 0 Å². The molecule has 1 atom stereocenters. The van der Waals surface area contributed by atoms with Crippen LogP contribution in [0.15, 0.2) is 72.8 Å². The number of halogens is 2. The van der Waals surface area contributed by atoms with Gasteiger partial charge in [0.05, 0.1) is 6.10 Å². The van der Waals surface area contributed by atoms with Crippen LogP contribution in [0.25, 0.3) is 0 Å². The van der Waals surface area contributed by atoms with E-state index in [9.17, 15) is 9.50 Å². The van der Waals surface area contributed by atoms with Gasteiger partial charge in [-0.1, -0.05) is 54.1 Å². The summed E-state index contributed by atoms with van der Waals surface area (Å²) in [5.41, 5.74) is 2.64. The Morgan fingerprint density at radius 1 is 1.00 bits per heavy atom. The lowest BCUT2D eigenvalue weighted by Crippen LogP contribution is -2.21. The second-order valence-electron chi connectivity index (χ2n) is 6.22. The number of hydrogen-bond donors (Lipinski definition) is 2. The van der Waals surface area contributed by atoms with Gasteiger partial charge in [-0.15, -0.1) is 0 Å². The number of hydrogen-bond acceptors (Lipinski definition) is 3. The highest BCUT2D eigenvalue weighted by Gasteiger charge is 2.09. The normalized spacial score (nSPS) is 12.0. The Morgan fingerprint density at radius 3 is 2.48 bits per heavy atom. The fourth-order valence-electron chi connectivity index (χ4n) is 2.71. The van der Waals surface area contributed by atoms with Gasteiger partial charge in [0.25, 0.3) is 0 Å². The van der Waals surface area contributed by atoms with Crippen molar-refractivity contribution in [2.45, 2.75) is 19.3 Å². The summed E-state index contributed by atoms with van der Waals surface area (Å²) in [5.74, 6) is 0.428. The van der Waals surface area contributed by atoms with E-state index in [1.807, 2.05) is 42.5 Å². The molecule has 0 fully saturated rings. The first kappa shape index (κ1) is 19.4. The quantitative estimate of drug-likeness (QED) is 0.580. The van der Waals surface area contributed by atoms with Crippen molar-refractivity contribution < 1.29 is 14.2 Å². The van der Waals surface area contributed by atoms with E-state index in [-0.39, 0.29) is 5.82 Å². The average molecular weight is 386 g/mol. The number of ether oxygens (including phenoxy) is 1. The maximum absolute atomic E-state index is 13.0. The zero-order chi connectivity index (χ0) is 19.1. The van der Waals surface area contributed by atoms with Gasteiger partial charge in [-0.2, -0.15) is 0 Å². The second kappa shape index (κ2) is 9.51. The van der Waals surface area contributed by atoms with Gasteiger partial charge in [0.2, 0.25) is 0 Å². The lowest BCUT2D eigenvalue weighted by Gasteiger charge is -2.15. The standard InChI is InChI=1S/C22H21ClFNO2/c23-19-8-11-22(27-15-16-6-9-20(24)10-7-16)18(12-19)13-25-14-21(26)17-4-2-1-3-5-17/h1-12,21,25-26H,13-15H2/t21-/m0/s1. The number of aliphatic hydroxyl groups is 1. The van der Waals surface area contributed by atoms with Crippen molar-refractivity contribution in [1.82, 2.24) is 5.32 Å². The van der Waals surface area contributed by atoms with Gasteiger partial charge in [-0.05, 0) is 41.5 Å². The molecule has 0 spiro atoms. The van der Waals surface area contributed by atoms with E-state index in [1.165, 1.54) is 12.1 Å². The van der Waals surface area contributed by atoms with E-state index < -0.39 is 6.10 Å². The van der Waals surface area contributed by atoms with E-state index >= 15 is 0 Å². The molecule has 0 unspecified atom stereocenters. The highest BCUT2D eigenvalue weighted by atomic mass is 35.5. The third kappa shape index (κ3) is 5.79. The number of nitrogens with one attached hydrogen (secondary N) is 1. The van der Waals surface area contributed by atoms with Gasteiger partial charge in [0, 0.05) is 23.7 Å². The summed E-state index contributed by atoms with van der Waals surface area (Å²) in [7, 11) is 0. The Morgan fingerprint density at radius 2 is 1.74 bits per heavy atom. The number of aliphatic hydroxyl groups excluding tert-OH is 1. The van der Waals surface area contributed by atoms with Crippen molar-refractivity contribution in [3.63, 3.8) is 0 Å². The van der Waals surface area contributed by atoms with Crippen LogP contribution in [0.4, 0.5) is 4.39 Å². The molecule has 0 radical (unpaired) electrons. The summed E-state index contributed by atoms with van der Waals surface area (Å²) >= 11 is 6.11. The van der Waals surface area contributed by atoms with E-state index in [0.29, 0.717) is 30.5 Å². The van der Waals surface area contributed by atoms with Crippen LogP contribution in [0.5, 0.6) is 5.75 Å². The van der Waals surface area contributed by atoms with Crippen LogP contribution in [-0.4, -0.2) is 11.7 Å². The Bertz CT molecular complexity index is 856. The molecule has 0 aliphatic rings. The van der Waals surface area contributed by atoms with Crippen LogP contribution >= 0.6 is 11.6 Å². The fraction of sp³-hybridized carbons (Fsp3) is 0.182. The molecule has 3 nitrogen and oxygen atoms in total. The average Bonchev–Trinajstić information content (AvgIpc) is 2.69. The van der Waals surface area contributed by atoms with Crippen LogP contribution in [-0.2, 0) is 13.2 Å². The zero-order valence-electron chi connectivity index (χ0n) is 14.7. The molecule has 0 saturated carbocycles. The van der Waals surface area contributed by atoms with Crippen molar-refractivity contribution in [2.24, 2.45) is 0 Å². The van der Waals surface area contributed by atoms with Crippen LogP contribution in [0.3, 0.4) is 0 Å². The van der Waals surface area contributed by atoms with Crippen LogP contribution < -0.4 is 10.1 Å². The van der Waals surface area contributed by atoms with E-state index in [2.05, 4.69) is 5.32 Å². The van der Waals surface area contributed by atoms with E-state index in [0.717, 1.165) is 16.7 Å². The molecule has 0 aliphatic carbocycles. The van der Waals surface area contributed by atoms with Crippen molar-refractivity contribution in [3.05, 3.63) is 100 Å². The van der Waals surface area contributed by atoms with Gasteiger partial charge in [-0.25, -0.2) is 4.39 Å². The maximum atomic E-state index is 13.0. The predicted molar refractivity (Wildman–Crippen MR) is 105 cm³/mol. The van der Waals surface area contributed by atoms with Crippen molar-refractivity contribution in [3.8, 4) is 5.75 Å². The molecule has 3 aromatic carbocycles. The van der Waals surface area contributed by atoms with Crippen molar-refractivity contribution in [1.29, 1.82) is 0 Å². The molecule has 27 heavy (non-hydrogen) atoms. The van der Waals surface area contributed by atoms with Gasteiger partial charge < -0.3 is 15.2 Å². The molecule has 0 aliphatic heterocycles. The zero-order valence-corrected chi connectivity index (χ0v) is 15.5. The molecule has 3 rings (SSSR count). The first-order valence-corrected chi connectivity index (χ1v) is 9.09. The summed E-state index contributed by atoms with van der Waals surface area (Å²) in [5, 5.41) is 14.1. The molecule has 5 heteroatoms. The molecule has 0 amide bonds. The second-order valence-corrected chi connectivity index (χ2v) is 6.66. The van der Waals surface area contributed by atoms with Crippen molar-refractivity contribution >= 4 is 11.6 Å². The monoisotopic (exact) mass is 385 g/mol. The van der Waals surface area contributed by atoms with Gasteiger partial charge in [-0.3, -0.25) is 0 Å². The largest absolute Gasteiger partial charge is 0.489 e. The third-order valence-electron chi connectivity index (χ3n) is 4.17. The molecule has 3 aromatic rings. The summed E-state index contributed by atoms with van der Waals surface area (Å²) in [6, 6.07) is 21.1. The molecule has 0 saturated heterocycles. The Kier molecular flexibility index (Phi) is 6.82. The van der Waals surface area contributed by atoms with Crippen LogP contribution in [0.1, 0.15) is 22.8 Å². The number of rotatable bonds is 8. The highest BCUT2D eigenvalue weighted by molar-refractivity contribution is 6.30. The minimum Gasteiger partial charge on any atom is -0.489 e. The fourth-order valence-corrected chi connectivity index (χ4v) is 2.90. The Balaban J connectivity index is 1.59. The molecular weight excluding hydrogens is 365 g/mol. The summed E-state index contributed by atoms with van der Waals surface area (Å²) in [6.45, 7) is 1.25. The van der Waals surface area contributed by atoms with E-state index in [4.69, 9.17) is 16.3 Å². The SMILES string of the molecule is O[C@@H](CNCc1cc(Cl)ccc1OCc1ccc(F)cc1)c1ccccc1. The lowest BCUT2D eigenvalue weighted by molar-refractivity contribution is 0.174. The summed E-state index contributed by atoms with van der Waals surface area (Å²) < 4.78 is 18.9. The van der Waals surface area contributed by atoms with Crippen LogP contribution in [0.2, 0.25) is 5.02 Å². The first-order chi connectivity index (χ1) is 13.1. The minimum atomic E-state index is -0.589. The van der Waals surface area contributed by atoms with Gasteiger partial charge in [0.1, 0.15) is 18.2 Å². The Labute approximate surface area is 163 Å². The third-order valence-corrected chi connectivity index (χ3v) is 4.40. The molecular formula is C22H21ClFNO2. The first-order valence-electron chi connectivity index (χ1n) is 8.71. The minimum absolute atomic E-state index is 0.271. The summed E-state index contributed by atoms with van der Waals surface area (Å²) in [6.07, 6.45) is -0.589. The van der Waals surface area contributed by atoms with E-state index in [1.54, 1.807) is 18.2 Å². The lowest BCUT2D eigenvalue weighted by atomic mass is 10.1. The summed E-state index contributed by atoms with van der Waals surface area (Å²) in [4.78, 5) is 0. The molecule has 0 heterocycles. The topological polar surface area (TPSA) is 41.5 Å². The molecule has 2 N–H and O–H groups in total. The smallest absolute Gasteiger partial charge is 0.124 e.